The fourth-order valence-corrected chi connectivity index (χ4v) is 14.3. The van der Waals surface area contributed by atoms with E-state index in [1.807, 2.05) is 0 Å². The normalized spacial score (nSPS) is 22.0. The van der Waals surface area contributed by atoms with E-state index < -0.39 is 0 Å². The van der Waals surface area contributed by atoms with Crippen LogP contribution in [0, 0.1) is 89.7 Å². The number of benzene rings is 2. The van der Waals surface area contributed by atoms with Crippen LogP contribution in [0.3, 0.4) is 0 Å². The average molecular weight is 1110 g/mol. The average Bonchev–Trinajstić information content (AvgIpc) is 3.19. The van der Waals surface area contributed by atoms with Gasteiger partial charge in [-0.15, -0.1) is 0 Å². The molecule has 4 atom stereocenters. The van der Waals surface area contributed by atoms with Crippen LogP contribution in [0.4, 0.5) is 0 Å². The predicted octanol–water partition coefficient (Wildman–Crippen LogP) is 26.7. The van der Waals surface area contributed by atoms with Crippen LogP contribution in [0.2, 0.25) is 0 Å². The Morgan fingerprint density at radius 3 is 0.750 bits per heavy atom. The molecule has 80 heavy (non-hydrogen) atoms. The van der Waals surface area contributed by atoms with Gasteiger partial charge in [-0.2, -0.15) is 0 Å². The van der Waals surface area contributed by atoms with Gasteiger partial charge in [-0.1, -0.05) is 327 Å². The molecule has 2 aromatic carbocycles. The largest absolute Gasteiger partial charge is 0.0617 e. The summed E-state index contributed by atoms with van der Waals surface area (Å²) in [5.74, 6) is 6.01. The van der Waals surface area contributed by atoms with Crippen LogP contribution in [0.5, 0.6) is 0 Å². The van der Waals surface area contributed by atoms with Gasteiger partial charge in [0.1, 0.15) is 0 Å². The Bertz CT molecular complexity index is 1770. The van der Waals surface area contributed by atoms with Gasteiger partial charge in [0.15, 0.2) is 0 Å². The number of hydrogen-bond donors (Lipinski definition) is 0. The molecule has 3 aliphatic carbocycles. The first-order chi connectivity index (χ1) is 35.8. The van der Waals surface area contributed by atoms with Gasteiger partial charge in [0.2, 0.25) is 0 Å². The second-order valence-corrected chi connectivity index (χ2v) is 39.8. The molecule has 468 valence electrons. The highest BCUT2D eigenvalue weighted by Gasteiger charge is 2.32. The molecule has 3 fully saturated rings. The molecule has 5 rings (SSSR count). The van der Waals surface area contributed by atoms with Crippen molar-refractivity contribution in [1.29, 1.82) is 0 Å². The van der Waals surface area contributed by atoms with Gasteiger partial charge in [0, 0.05) is 0 Å². The fraction of sp³-hybridized carbons (Fsp3) is 0.850. The lowest BCUT2D eigenvalue weighted by atomic mass is 9.67. The minimum atomic E-state index is 0.375. The van der Waals surface area contributed by atoms with Gasteiger partial charge in [-0.3, -0.25) is 0 Å². The summed E-state index contributed by atoms with van der Waals surface area (Å²) in [5.41, 5.74) is 10.5. The zero-order valence-electron chi connectivity index (χ0n) is 60.6. The molecular weight excluding hydrogens is 961 g/mol. The maximum Gasteiger partial charge on any atom is -0.0230 e. The Morgan fingerprint density at radius 2 is 0.500 bits per heavy atom. The third kappa shape index (κ3) is 44.0. The summed E-state index contributed by atoms with van der Waals surface area (Å²) in [6.07, 6.45) is 31.0. The van der Waals surface area contributed by atoms with Crippen LogP contribution in [0.25, 0.3) is 0 Å². The van der Waals surface area contributed by atoms with E-state index in [9.17, 15) is 0 Å². The van der Waals surface area contributed by atoms with Gasteiger partial charge in [0.05, 0.1) is 0 Å². The standard InChI is InChI=1S/C16H32.C16H26.C16H32.C16H26.C16H32/c2*1-15(2,3)11-13-7-9-14(10-8-13)12-16(4,5)6;2*1-15(2,3)11-13-8-7-9-14(10-13)12-16(4,5)6;1-15(2,3)11-13-9-7-8-10-14(13)12-16(4,5)6/h13-14H,7-12H2,1-6H3;7-10H,11-12H2,1-6H3;13-14H,7-12H2,1-6H3;7-10H,11-12H2,1-6H3;13-14H,7-12H2,1-6H3. The van der Waals surface area contributed by atoms with Gasteiger partial charge in [-0.05, 0) is 183 Å². The summed E-state index contributed by atoms with van der Waals surface area (Å²) in [6.45, 7) is 70.5. The zero-order chi connectivity index (χ0) is 62.0. The minimum Gasteiger partial charge on any atom is -0.0617 e. The molecule has 0 spiro atoms. The summed E-state index contributed by atoms with van der Waals surface area (Å²) in [5, 5.41) is 0. The molecule has 0 nitrogen and oxygen atoms in total. The molecule has 0 heterocycles. The minimum absolute atomic E-state index is 0.375. The van der Waals surface area contributed by atoms with Crippen molar-refractivity contribution in [3.05, 3.63) is 70.8 Å². The molecule has 3 saturated carbocycles. The maximum atomic E-state index is 2.40. The lowest BCUT2D eigenvalue weighted by Crippen LogP contribution is -2.27. The molecule has 3 aliphatic rings. The van der Waals surface area contributed by atoms with E-state index in [1.54, 1.807) is 0 Å². The molecule has 0 amide bonds. The van der Waals surface area contributed by atoms with Crippen molar-refractivity contribution in [2.75, 3.05) is 0 Å². The zero-order valence-corrected chi connectivity index (χ0v) is 60.6. The van der Waals surface area contributed by atoms with E-state index in [0.717, 1.165) is 61.2 Å². The lowest BCUT2D eigenvalue weighted by Gasteiger charge is -2.38. The van der Waals surface area contributed by atoms with Crippen molar-refractivity contribution in [2.24, 2.45) is 89.7 Å². The topological polar surface area (TPSA) is 0 Å². The third-order valence-electron chi connectivity index (χ3n) is 16.2. The molecule has 0 heteroatoms. The first-order valence-corrected chi connectivity index (χ1v) is 34.0. The van der Waals surface area contributed by atoms with E-state index in [2.05, 4.69) is 256 Å². The predicted molar refractivity (Wildman–Crippen MR) is 366 cm³/mol. The smallest absolute Gasteiger partial charge is 0.0230 e. The first kappa shape index (κ1) is 76.5. The second kappa shape index (κ2) is 32.3. The molecule has 0 aliphatic heterocycles. The summed E-state index contributed by atoms with van der Waals surface area (Å²) < 4.78 is 0. The molecule has 4 unspecified atom stereocenters. The van der Waals surface area contributed by atoms with E-state index in [1.165, 1.54) is 138 Å². The van der Waals surface area contributed by atoms with Crippen LogP contribution >= 0.6 is 0 Å². The summed E-state index contributed by atoms with van der Waals surface area (Å²) in [7, 11) is 0. The highest BCUT2D eigenvalue weighted by atomic mass is 14.4. The van der Waals surface area contributed by atoms with Crippen LogP contribution in [0.1, 0.15) is 346 Å². The maximum absolute atomic E-state index is 2.40. The second-order valence-electron chi connectivity index (χ2n) is 39.8. The van der Waals surface area contributed by atoms with Crippen LogP contribution in [-0.4, -0.2) is 0 Å². The van der Waals surface area contributed by atoms with Gasteiger partial charge < -0.3 is 0 Å². The highest BCUT2D eigenvalue weighted by molar-refractivity contribution is 5.25. The van der Waals surface area contributed by atoms with E-state index >= 15 is 0 Å². The van der Waals surface area contributed by atoms with Crippen molar-refractivity contribution in [3.63, 3.8) is 0 Å². The monoisotopic (exact) mass is 1110 g/mol. The highest BCUT2D eigenvalue weighted by Crippen LogP contribution is 2.45. The van der Waals surface area contributed by atoms with E-state index in [4.69, 9.17) is 0 Å². The van der Waals surface area contributed by atoms with Crippen molar-refractivity contribution < 1.29 is 0 Å². The quantitative estimate of drug-likeness (QED) is 0.222. The number of rotatable bonds is 10. The van der Waals surface area contributed by atoms with Gasteiger partial charge >= 0.3 is 0 Å². The number of hydrogen-bond acceptors (Lipinski definition) is 0. The van der Waals surface area contributed by atoms with Crippen molar-refractivity contribution in [2.45, 2.75) is 349 Å². The molecule has 0 N–H and O–H groups in total. The Morgan fingerprint density at radius 1 is 0.250 bits per heavy atom. The van der Waals surface area contributed by atoms with Gasteiger partial charge in [-0.25, -0.2) is 0 Å². The Hall–Kier alpha value is -1.56. The molecule has 0 radical (unpaired) electrons. The first-order valence-electron chi connectivity index (χ1n) is 34.0. The Kier molecular flexibility index (Phi) is 30.8. The van der Waals surface area contributed by atoms with Crippen molar-refractivity contribution in [3.8, 4) is 0 Å². The third-order valence-corrected chi connectivity index (χ3v) is 16.2. The lowest BCUT2D eigenvalue weighted by molar-refractivity contribution is 0.126. The summed E-state index contributed by atoms with van der Waals surface area (Å²) in [4.78, 5) is 0. The summed E-state index contributed by atoms with van der Waals surface area (Å²) in [6, 6.07) is 18.2. The Labute approximate surface area is 506 Å². The molecule has 2 aromatic rings. The Balaban J connectivity index is 0.000000500. The molecule has 0 aromatic heterocycles. The summed E-state index contributed by atoms with van der Waals surface area (Å²) >= 11 is 0. The van der Waals surface area contributed by atoms with Crippen molar-refractivity contribution >= 4 is 0 Å². The molecular formula is C80H148. The molecule has 0 saturated heterocycles. The van der Waals surface area contributed by atoms with Crippen LogP contribution in [-0.2, 0) is 25.7 Å². The van der Waals surface area contributed by atoms with Crippen LogP contribution < -0.4 is 0 Å². The van der Waals surface area contributed by atoms with Crippen LogP contribution in [0.15, 0.2) is 48.5 Å². The SMILES string of the molecule is CC(C)(C)CC1CCC(CC(C)(C)C)CC1.CC(C)(C)CC1CCCC(CC(C)(C)C)C1.CC(C)(C)CC1CCCCC1CC(C)(C)C.CC(C)(C)Cc1ccc(CC(C)(C)C)cc1.CC(C)(C)Cc1cccc(CC(C)(C)C)c1. The van der Waals surface area contributed by atoms with Crippen molar-refractivity contribution in [1.82, 2.24) is 0 Å². The molecule has 0 bridgehead atoms. The van der Waals surface area contributed by atoms with E-state index in [-0.39, 0.29) is 0 Å². The van der Waals surface area contributed by atoms with Gasteiger partial charge in [0.25, 0.3) is 0 Å². The fourth-order valence-electron chi connectivity index (χ4n) is 14.3. The van der Waals surface area contributed by atoms with E-state index in [0.29, 0.717) is 54.1 Å².